The van der Waals surface area contributed by atoms with Crippen molar-refractivity contribution >= 4 is 55.1 Å². The van der Waals surface area contributed by atoms with Crippen LogP contribution in [0.15, 0.2) is 112 Å². The second-order valence-corrected chi connectivity index (χ2v) is 14.4. The van der Waals surface area contributed by atoms with Gasteiger partial charge >= 0.3 is 0 Å². The fourth-order valence-corrected chi connectivity index (χ4v) is 6.58. The molecule has 4 aromatic rings. The Hall–Kier alpha value is -3.86. The summed E-state index contributed by atoms with van der Waals surface area (Å²) in [6.07, 6.45) is 0.235. The van der Waals surface area contributed by atoms with Gasteiger partial charge in [-0.3, -0.25) is 13.9 Å². The molecule has 1 atom stereocenters. The molecule has 2 amide bonds. The number of sulfonamides is 1. The zero-order valence-corrected chi connectivity index (χ0v) is 29.1. The van der Waals surface area contributed by atoms with E-state index in [0.717, 1.165) is 19.9 Å². The number of carbonyl (C=O) groups excluding carboxylic acids is 2. The summed E-state index contributed by atoms with van der Waals surface area (Å²) in [5.41, 5.74) is 1.89. The Balaban J connectivity index is 1.79. The molecule has 0 bridgehead atoms. The molecular weight excluding hydrogens is 690 g/mol. The van der Waals surface area contributed by atoms with Gasteiger partial charge in [-0.25, -0.2) is 8.42 Å². The molecule has 46 heavy (non-hydrogen) atoms. The highest BCUT2D eigenvalue weighted by atomic mass is 79.9. The first-order chi connectivity index (χ1) is 22.0. The summed E-state index contributed by atoms with van der Waals surface area (Å²) in [7, 11) is -2.75. The molecule has 1 N–H and O–H groups in total. The van der Waals surface area contributed by atoms with E-state index in [9.17, 15) is 18.0 Å². The number of anilines is 1. The maximum atomic E-state index is 14.5. The number of methoxy groups -OCH3 is 1. The number of benzene rings is 4. The van der Waals surface area contributed by atoms with Crippen molar-refractivity contribution in [2.24, 2.45) is 5.92 Å². The van der Waals surface area contributed by atoms with Crippen LogP contribution in [0.25, 0.3) is 0 Å². The summed E-state index contributed by atoms with van der Waals surface area (Å²) in [6.45, 7) is 3.93. The minimum absolute atomic E-state index is 0.0222. The van der Waals surface area contributed by atoms with E-state index in [4.69, 9.17) is 16.3 Å². The van der Waals surface area contributed by atoms with Crippen LogP contribution in [0.5, 0.6) is 5.75 Å². The minimum Gasteiger partial charge on any atom is -0.497 e. The quantitative estimate of drug-likeness (QED) is 0.156. The molecule has 11 heteroatoms. The zero-order valence-electron chi connectivity index (χ0n) is 25.9. The molecule has 0 aliphatic rings. The molecule has 0 aromatic heterocycles. The van der Waals surface area contributed by atoms with E-state index in [-0.39, 0.29) is 35.4 Å². The first-order valence-electron chi connectivity index (χ1n) is 14.8. The van der Waals surface area contributed by atoms with Gasteiger partial charge in [0.15, 0.2) is 0 Å². The standard InChI is InChI=1S/C35H37BrClN3O5S/c1-25(2)22-38-35(42)33(21-26-7-5-4-6-8-26)39(23-27-9-11-28(36)12-10-27)34(41)24-40(30-15-13-29(37)14-16-30)46(43,44)32-19-17-31(45-3)18-20-32/h4-20,25,33H,21-24H2,1-3H3,(H,38,42)/t33-/m1/s1. The molecule has 0 heterocycles. The minimum atomic E-state index is -4.24. The molecule has 0 aliphatic heterocycles. The second kappa shape index (κ2) is 16.1. The largest absolute Gasteiger partial charge is 0.497 e. The van der Waals surface area contributed by atoms with E-state index < -0.39 is 28.5 Å². The third-order valence-electron chi connectivity index (χ3n) is 7.26. The van der Waals surface area contributed by atoms with Crippen LogP contribution in [0.4, 0.5) is 5.69 Å². The smallest absolute Gasteiger partial charge is 0.264 e. The van der Waals surface area contributed by atoms with Gasteiger partial charge < -0.3 is 15.0 Å². The Kier molecular flexibility index (Phi) is 12.3. The van der Waals surface area contributed by atoms with Crippen molar-refractivity contribution in [1.82, 2.24) is 10.2 Å². The molecule has 0 radical (unpaired) electrons. The van der Waals surface area contributed by atoms with Crippen molar-refractivity contribution < 1.29 is 22.7 Å². The first kappa shape index (κ1) is 35.0. The van der Waals surface area contributed by atoms with E-state index in [0.29, 0.717) is 17.3 Å². The van der Waals surface area contributed by atoms with Crippen LogP contribution in [0.3, 0.4) is 0 Å². The van der Waals surface area contributed by atoms with Gasteiger partial charge in [-0.1, -0.05) is 83.8 Å². The summed E-state index contributed by atoms with van der Waals surface area (Å²) >= 11 is 9.59. The molecular formula is C35H37BrClN3O5S. The van der Waals surface area contributed by atoms with Crippen LogP contribution in [0, 0.1) is 5.92 Å². The van der Waals surface area contributed by atoms with E-state index in [2.05, 4.69) is 21.2 Å². The highest BCUT2D eigenvalue weighted by Gasteiger charge is 2.34. The number of amides is 2. The van der Waals surface area contributed by atoms with Crippen molar-refractivity contribution in [3.63, 3.8) is 0 Å². The number of halogens is 2. The molecule has 0 unspecified atom stereocenters. The third kappa shape index (κ3) is 9.34. The van der Waals surface area contributed by atoms with E-state index in [1.54, 1.807) is 36.4 Å². The average molecular weight is 727 g/mol. The maximum Gasteiger partial charge on any atom is 0.264 e. The summed E-state index contributed by atoms with van der Waals surface area (Å²) < 4.78 is 35.4. The van der Waals surface area contributed by atoms with Gasteiger partial charge in [-0.15, -0.1) is 0 Å². The highest BCUT2D eigenvalue weighted by Crippen LogP contribution is 2.27. The lowest BCUT2D eigenvalue weighted by atomic mass is 10.0. The number of nitrogens with one attached hydrogen (secondary N) is 1. The predicted molar refractivity (Wildman–Crippen MR) is 185 cm³/mol. The van der Waals surface area contributed by atoms with Gasteiger partial charge in [-0.05, 0) is 77.7 Å². The number of nitrogens with zero attached hydrogens (tertiary/aromatic N) is 2. The summed E-state index contributed by atoms with van der Waals surface area (Å²) in [5, 5.41) is 3.41. The number of rotatable bonds is 14. The summed E-state index contributed by atoms with van der Waals surface area (Å²) in [6, 6.07) is 28.1. The van der Waals surface area contributed by atoms with E-state index in [1.807, 2.05) is 68.4 Å². The Morgan fingerprint density at radius 1 is 0.870 bits per heavy atom. The van der Waals surface area contributed by atoms with Crippen molar-refractivity contribution in [3.8, 4) is 5.75 Å². The summed E-state index contributed by atoms with van der Waals surface area (Å²) in [5.74, 6) is -0.188. The lowest BCUT2D eigenvalue weighted by Gasteiger charge is -2.34. The average Bonchev–Trinajstić information content (AvgIpc) is 3.05. The Morgan fingerprint density at radius 2 is 1.50 bits per heavy atom. The molecule has 8 nitrogen and oxygen atoms in total. The summed E-state index contributed by atoms with van der Waals surface area (Å²) in [4.78, 5) is 29.8. The van der Waals surface area contributed by atoms with Crippen LogP contribution >= 0.6 is 27.5 Å². The highest BCUT2D eigenvalue weighted by molar-refractivity contribution is 9.10. The van der Waals surface area contributed by atoms with Crippen LogP contribution in [-0.4, -0.2) is 51.4 Å². The number of hydrogen-bond donors (Lipinski definition) is 1. The molecule has 0 saturated heterocycles. The van der Waals surface area contributed by atoms with Crippen LogP contribution < -0.4 is 14.4 Å². The van der Waals surface area contributed by atoms with Gasteiger partial charge in [0.1, 0.15) is 18.3 Å². The third-order valence-corrected chi connectivity index (χ3v) is 9.83. The molecule has 0 fully saturated rings. The normalized spacial score (nSPS) is 12.0. The SMILES string of the molecule is COc1ccc(S(=O)(=O)N(CC(=O)N(Cc2ccc(Br)cc2)[C@H](Cc2ccccc2)C(=O)NCC(C)C)c2ccc(Cl)cc2)cc1. The fraction of sp³-hybridized carbons (Fsp3) is 0.257. The Bertz CT molecular complexity index is 1700. The predicted octanol–water partition coefficient (Wildman–Crippen LogP) is 6.72. The monoisotopic (exact) mass is 725 g/mol. The number of ether oxygens (including phenoxy) is 1. The van der Waals surface area contributed by atoms with E-state index >= 15 is 0 Å². The molecule has 0 aliphatic carbocycles. The molecule has 4 aromatic carbocycles. The van der Waals surface area contributed by atoms with Crippen LogP contribution in [0.1, 0.15) is 25.0 Å². The fourth-order valence-electron chi connectivity index (χ4n) is 4.77. The molecule has 4 rings (SSSR count). The lowest BCUT2D eigenvalue weighted by Crippen LogP contribution is -2.53. The first-order valence-corrected chi connectivity index (χ1v) is 17.4. The number of carbonyl (C=O) groups is 2. The molecule has 0 spiro atoms. The molecule has 242 valence electrons. The van der Waals surface area contributed by atoms with Gasteiger partial charge in [0.05, 0.1) is 17.7 Å². The topological polar surface area (TPSA) is 96.0 Å². The van der Waals surface area contributed by atoms with Crippen molar-refractivity contribution in [1.29, 1.82) is 0 Å². The zero-order chi connectivity index (χ0) is 33.3. The van der Waals surface area contributed by atoms with E-state index in [1.165, 1.54) is 24.1 Å². The van der Waals surface area contributed by atoms with Crippen molar-refractivity contribution in [2.75, 3.05) is 24.5 Å². The number of hydrogen-bond acceptors (Lipinski definition) is 5. The van der Waals surface area contributed by atoms with Gasteiger partial charge in [-0.2, -0.15) is 0 Å². The van der Waals surface area contributed by atoms with Crippen molar-refractivity contribution in [3.05, 3.63) is 124 Å². The Morgan fingerprint density at radius 3 is 2.09 bits per heavy atom. The lowest BCUT2D eigenvalue weighted by molar-refractivity contribution is -0.140. The van der Waals surface area contributed by atoms with Gasteiger partial charge in [0, 0.05) is 29.0 Å². The molecule has 0 saturated carbocycles. The van der Waals surface area contributed by atoms with Crippen LogP contribution in [0.2, 0.25) is 5.02 Å². The Labute approximate surface area is 284 Å². The van der Waals surface area contributed by atoms with Crippen molar-refractivity contribution in [2.45, 2.75) is 37.8 Å². The maximum absolute atomic E-state index is 14.5. The van der Waals surface area contributed by atoms with Crippen LogP contribution in [-0.2, 0) is 32.6 Å². The van der Waals surface area contributed by atoms with Gasteiger partial charge in [0.2, 0.25) is 11.8 Å². The second-order valence-electron chi connectivity index (χ2n) is 11.2. The van der Waals surface area contributed by atoms with Gasteiger partial charge in [0.25, 0.3) is 10.0 Å².